The molecular weight excluding hydrogens is 240 g/mol. The van der Waals surface area contributed by atoms with Gasteiger partial charge in [-0.3, -0.25) is 0 Å². The monoisotopic (exact) mass is 266 g/mol. The first-order valence-electron chi connectivity index (χ1n) is 6.55. The Morgan fingerprint density at radius 2 is 1.78 bits per heavy atom. The Kier molecular flexibility index (Phi) is 4.76. The molecule has 1 N–H and O–H groups in total. The molecular formula is C15H26O2Si. The lowest BCUT2D eigenvalue weighted by Gasteiger charge is -2.36. The van der Waals surface area contributed by atoms with Gasteiger partial charge in [-0.2, -0.15) is 0 Å². The average molecular weight is 266 g/mol. The summed E-state index contributed by atoms with van der Waals surface area (Å²) in [7, 11) is -1.73. The van der Waals surface area contributed by atoms with Crippen LogP contribution in [0, 0.1) is 0 Å². The highest BCUT2D eigenvalue weighted by atomic mass is 28.4. The van der Waals surface area contributed by atoms with Crippen LogP contribution in [-0.2, 0) is 11.0 Å². The maximum Gasteiger partial charge on any atom is 0.192 e. The number of hydrogen-bond donors (Lipinski definition) is 1. The van der Waals surface area contributed by atoms with E-state index in [1.165, 1.54) is 0 Å². The summed E-state index contributed by atoms with van der Waals surface area (Å²) in [6.45, 7) is 13.6. The van der Waals surface area contributed by atoms with E-state index in [9.17, 15) is 5.11 Å². The van der Waals surface area contributed by atoms with Crippen molar-refractivity contribution in [1.29, 1.82) is 0 Å². The van der Waals surface area contributed by atoms with E-state index in [4.69, 9.17) is 4.43 Å². The second kappa shape index (κ2) is 5.55. The van der Waals surface area contributed by atoms with Crippen molar-refractivity contribution in [3.63, 3.8) is 0 Å². The zero-order valence-corrected chi connectivity index (χ0v) is 13.4. The molecule has 0 aliphatic carbocycles. The molecule has 0 saturated heterocycles. The molecule has 0 radical (unpaired) electrons. The molecule has 0 heterocycles. The van der Waals surface area contributed by atoms with Crippen molar-refractivity contribution in [3.05, 3.63) is 35.4 Å². The predicted octanol–water partition coefficient (Wildman–Crippen LogP) is 4.26. The van der Waals surface area contributed by atoms with Gasteiger partial charge in [0.25, 0.3) is 0 Å². The molecule has 3 heteroatoms. The van der Waals surface area contributed by atoms with Gasteiger partial charge in [0.2, 0.25) is 0 Å². The summed E-state index contributed by atoms with van der Waals surface area (Å²) in [5.74, 6) is 0. The SMILES string of the molecule is C[C@@H](O)c1ccccc1CO[Si](C)(C)C(C)(C)C. The van der Waals surface area contributed by atoms with Gasteiger partial charge in [-0.05, 0) is 36.2 Å². The minimum Gasteiger partial charge on any atom is -0.413 e. The Balaban J connectivity index is 2.81. The topological polar surface area (TPSA) is 29.5 Å². The van der Waals surface area contributed by atoms with E-state index in [2.05, 4.69) is 33.9 Å². The molecule has 0 saturated carbocycles. The van der Waals surface area contributed by atoms with E-state index in [1.54, 1.807) is 6.92 Å². The van der Waals surface area contributed by atoms with E-state index < -0.39 is 14.4 Å². The Morgan fingerprint density at radius 3 is 2.28 bits per heavy atom. The highest BCUT2D eigenvalue weighted by Crippen LogP contribution is 2.37. The molecule has 0 amide bonds. The van der Waals surface area contributed by atoms with Gasteiger partial charge in [-0.1, -0.05) is 45.0 Å². The van der Waals surface area contributed by atoms with E-state index in [1.807, 2.05) is 24.3 Å². The third kappa shape index (κ3) is 3.67. The van der Waals surface area contributed by atoms with Gasteiger partial charge in [-0.15, -0.1) is 0 Å². The summed E-state index contributed by atoms with van der Waals surface area (Å²) in [5, 5.41) is 9.96. The first kappa shape index (κ1) is 15.4. The number of aliphatic hydroxyl groups is 1. The van der Waals surface area contributed by atoms with Crippen LogP contribution < -0.4 is 0 Å². The van der Waals surface area contributed by atoms with Crippen LogP contribution in [0.25, 0.3) is 0 Å². The highest BCUT2D eigenvalue weighted by Gasteiger charge is 2.37. The highest BCUT2D eigenvalue weighted by molar-refractivity contribution is 6.74. The largest absolute Gasteiger partial charge is 0.413 e. The molecule has 0 aliphatic heterocycles. The van der Waals surface area contributed by atoms with Gasteiger partial charge in [0, 0.05) is 0 Å². The standard InChI is InChI=1S/C15H26O2Si/c1-12(16)14-10-8-7-9-13(14)11-17-18(5,6)15(2,3)4/h7-10,12,16H,11H2,1-6H3/t12-/m1/s1. The number of hydrogen-bond acceptors (Lipinski definition) is 2. The second-order valence-corrected chi connectivity index (χ2v) is 11.2. The molecule has 1 aromatic carbocycles. The molecule has 0 spiro atoms. The molecule has 1 aromatic rings. The van der Waals surface area contributed by atoms with Crippen molar-refractivity contribution in [2.24, 2.45) is 0 Å². The van der Waals surface area contributed by atoms with Crippen molar-refractivity contribution >= 4 is 8.32 Å². The molecule has 1 rings (SSSR count). The van der Waals surface area contributed by atoms with Crippen LogP contribution in [0.5, 0.6) is 0 Å². The lowest BCUT2D eigenvalue weighted by atomic mass is 10.0. The Morgan fingerprint density at radius 1 is 1.22 bits per heavy atom. The van der Waals surface area contributed by atoms with Crippen LogP contribution in [0.15, 0.2) is 24.3 Å². The van der Waals surface area contributed by atoms with Gasteiger partial charge in [0.05, 0.1) is 12.7 Å². The molecule has 0 aliphatic rings. The third-order valence-corrected chi connectivity index (χ3v) is 8.38. The summed E-state index contributed by atoms with van der Waals surface area (Å²) in [6, 6.07) is 7.96. The molecule has 0 unspecified atom stereocenters. The van der Waals surface area contributed by atoms with Gasteiger partial charge in [0.1, 0.15) is 0 Å². The number of rotatable bonds is 4. The van der Waals surface area contributed by atoms with Crippen molar-refractivity contribution in [1.82, 2.24) is 0 Å². The lowest BCUT2D eigenvalue weighted by Crippen LogP contribution is -2.40. The fourth-order valence-corrected chi connectivity index (χ4v) is 2.50. The summed E-state index contributed by atoms with van der Waals surface area (Å²) in [6.07, 6.45) is -0.441. The van der Waals surface area contributed by atoms with Crippen molar-refractivity contribution < 1.29 is 9.53 Å². The molecule has 1 atom stereocenters. The van der Waals surface area contributed by atoms with Crippen molar-refractivity contribution in [3.8, 4) is 0 Å². The minimum atomic E-state index is -1.73. The van der Waals surface area contributed by atoms with Crippen LogP contribution in [0.4, 0.5) is 0 Å². The second-order valence-electron chi connectivity index (χ2n) is 6.42. The fraction of sp³-hybridized carbons (Fsp3) is 0.600. The maximum absolute atomic E-state index is 9.75. The Labute approximate surface area is 112 Å². The molecule has 18 heavy (non-hydrogen) atoms. The molecule has 0 bridgehead atoms. The van der Waals surface area contributed by atoms with Gasteiger partial charge in [0.15, 0.2) is 8.32 Å². The van der Waals surface area contributed by atoms with Crippen molar-refractivity contribution in [2.45, 2.75) is 58.5 Å². The molecule has 0 aromatic heterocycles. The Bertz CT molecular complexity index is 392. The van der Waals surface area contributed by atoms with E-state index in [-0.39, 0.29) is 5.04 Å². The van der Waals surface area contributed by atoms with Crippen LogP contribution in [-0.4, -0.2) is 13.4 Å². The van der Waals surface area contributed by atoms with E-state index in [0.29, 0.717) is 6.61 Å². The number of aliphatic hydroxyl groups excluding tert-OH is 1. The van der Waals surface area contributed by atoms with E-state index >= 15 is 0 Å². The van der Waals surface area contributed by atoms with Gasteiger partial charge in [-0.25, -0.2) is 0 Å². The zero-order valence-electron chi connectivity index (χ0n) is 12.4. The van der Waals surface area contributed by atoms with Crippen LogP contribution in [0.2, 0.25) is 18.1 Å². The van der Waals surface area contributed by atoms with Gasteiger partial charge >= 0.3 is 0 Å². The summed E-state index contributed by atoms with van der Waals surface area (Å²) < 4.78 is 6.20. The first-order valence-corrected chi connectivity index (χ1v) is 9.46. The summed E-state index contributed by atoms with van der Waals surface area (Å²) in [5.41, 5.74) is 2.06. The quantitative estimate of drug-likeness (QED) is 0.825. The van der Waals surface area contributed by atoms with Crippen LogP contribution in [0.3, 0.4) is 0 Å². The molecule has 0 fully saturated rings. The van der Waals surface area contributed by atoms with Crippen LogP contribution >= 0.6 is 0 Å². The van der Waals surface area contributed by atoms with Gasteiger partial charge < -0.3 is 9.53 Å². The van der Waals surface area contributed by atoms with Crippen LogP contribution in [0.1, 0.15) is 44.9 Å². The molecule has 2 nitrogen and oxygen atoms in total. The average Bonchev–Trinajstić information content (AvgIpc) is 2.25. The smallest absolute Gasteiger partial charge is 0.192 e. The summed E-state index contributed by atoms with van der Waals surface area (Å²) in [4.78, 5) is 0. The third-order valence-electron chi connectivity index (χ3n) is 3.90. The normalized spacial score (nSPS) is 14.6. The fourth-order valence-electron chi connectivity index (χ4n) is 1.55. The maximum atomic E-state index is 9.75. The first-order chi connectivity index (χ1) is 8.15. The zero-order chi connectivity index (χ0) is 14.0. The lowest BCUT2D eigenvalue weighted by molar-refractivity contribution is 0.194. The Hall–Kier alpha value is -0.643. The predicted molar refractivity (Wildman–Crippen MR) is 79.1 cm³/mol. The number of benzene rings is 1. The molecule has 102 valence electrons. The minimum absolute atomic E-state index is 0.215. The van der Waals surface area contributed by atoms with Crippen molar-refractivity contribution in [2.75, 3.05) is 0 Å². The summed E-state index contributed by atoms with van der Waals surface area (Å²) >= 11 is 0. The van der Waals surface area contributed by atoms with E-state index in [0.717, 1.165) is 11.1 Å².